The number of Topliss-reactive ketones (excluding diaryl/α,β-unsaturated/α-hetero) is 1. The number of hydrogen-bond donors (Lipinski definition) is 1. The molecule has 0 bridgehead atoms. The summed E-state index contributed by atoms with van der Waals surface area (Å²) in [6.07, 6.45) is 0.548. The number of hydrogen-bond acceptors (Lipinski definition) is 4. The molecule has 0 radical (unpaired) electrons. The highest BCUT2D eigenvalue weighted by Gasteiger charge is 2.01. The summed E-state index contributed by atoms with van der Waals surface area (Å²) in [4.78, 5) is 13.6. The van der Waals surface area contributed by atoms with Crippen LogP contribution >= 0.6 is 0 Å². The summed E-state index contributed by atoms with van der Waals surface area (Å²) in [5.74, 6) is 0.179. The Bertz CT molecular complexity index is 374. The van der Waals surface area contributed by atoms with E-state index in [0.29, 0.717) is 13.0 Å². The molecule has 0 saturated carbocycles. The summed E-state index contributed by atoms with van der Waals surface area (Å²) < 4.78 is 5.49. The van der Waals surface area contributed by atoms with E-state index in [1.165, 1.54) is 0 Å². The third-order valence-electron chi connectivity index (χ3n) is 2.79. The van der Waals surface area contributed by atoms with E-state index in [0.717, 1.165) is 30.9 Å². The van der Waals surface area contributed by atoms with Crippen molar-refractivity contribution in [3.63, 3.8) is 0 Å². The fraction of sp³-hybridized carbons (Fsp3) is 0.533. The van der Waals surface area contributed by atoms with Crippen molar-refractivity contribution in [3.8, 4) is 0 Å². The lowest BCUT2D eigenvalue weighted by molar-refractivity contribution is 0.0988. The number of anilines is 1. The maximum absolute atomic E-state index is 11.5. The number of likely N-dealkylation sites (N-methyl/N-ethyl adjacent to an activating group) is 1. The van der Waals surface area contributed by atoms with Gasteiger partial charge in [-0.05, 0) is 38.4 Å². The van der Waals surface area contributed by atoms with E-state index in [4.69, 9.17) is 4.74 Å². The third-order valence-corrected chi connectivity index (χ3v) is 2.79. The molecule has 0 saturated heterocycles. The summed E-state index contributed by atoms with van der Waals surface area (Å²) >= 11 is 0. The maximum atomic E-state index is 11.5. The number of carbonyl (C=O) groups excluding carboxylic acids is 1. The SMILES string of the molecule is CCC(=O)c1ccc(NCCOCCN(C)C)cc1. The van der Waals surface area contributed by atoms with Crippen LogP contribution in [0.1, 0.15) is 23.7 Å². The van der Waals surface area contributed by atoms with Crippen molar-refractivity contribution < 1.29 is 9.53 Å². The molecule has 0 aliphatic rings. The second-order valence-electron chi connectivity index (χ2n) is 4.70. The van der Waals surface area contributed by atoms with Crippen LogP contribution in [-0.4, -0.2) is 51.1 Å². The van der Waals surface area contributed by atoms with Crippen molar-refractivity contribution in [1.82, 2.24) is 4.90 Å². The number of nitrogens with zero attached hydrogens (tertiary/aromatic N) is 1. The molecule has 19 heavy (non-hydrogen) atoms. The van der Waals surface area contributed by atoms with E-state index in [9.17, 15) is 4.79 Å². The van der Waals surface area contributed by atoms with E-state index in [-0.39, 0.29) is 5.78 Å². The number of carbonyl (C=O) groups is 1. The van der Waals surface area contributed by atoms with E-state index in [1.807, 2.05) is 45.3 Å². The van der Waals surface area contributed by atoms with Gasteiger partial charge in [-0.3, -0.25) is 4.79 Å². The van der Waals surface area contributed by atoms with Gasteiger partial charge in [-0.15, -0.1) is 0 Å². The van der Waals surface area contributed by atoms with Crippen LogP contribution in [-0.2, 0) is 4.74 Å². The number of ether oxygens (including phenoxy) is 1. The molecule has 0 heterocycles. The second kappa shape index (κ2) is 8.67. The lowest BCUT2D eigenvalue weighted by Crippen LogP contribution is -2.20. The molecule has 0 atom stereocenters. The van der Waals surface area contributed by atoms with Crippen LogP contribution in [0, 0.1) is 0 Å². The summed E-state index contributed by atoms with van der Waals surface area (Å²) in [6.45, 7) is 5.02. The number of nitrogens with one attached hydrogen (secondary N) is 1. The molecular weight excluding hydrogens is 240 g/mol. The summed E-state index contributed by atoms with van der Waals surface area (Å²) in [5, 5.41) is 3.27. The van der Waals surface area contributed by atoms with Gasteiger partial charge in [0.15, 0.2) is 5.78 Å². The van der Waals surface area contributed by atoms with Gasteiger partial charge in [0, 0.05) is 30.8 Å². The smallest absolute Gasteiger partial charge is 0.162 e. The number of benzene rings is 1. The van der Waals surface area contributed by atoms with Crippen molar-refractivity contribution in [2.24, 2.45) is 0 Å². The highest BCUT2D eigenvalue weighted by Crippen LogP contribution is 2.10. The number of rotatable bonds is 9. The molecule has 0 aliphatic heterocycles. The zero-order chi connectivity index (χ0) is 14.1. The third kappa shape index (κ3) is 6.36. The topological polar surface area (TPSA) is 41.6 Å². The van der Waals surface area contributed by atoms with Crippen molar-refractivity contribution in [2.45, 2.75) is 13.3 Å². The van der Waals surface area contributed by atoms with E-state index in [1.54, 1.807) is 0 Å². The fourth-order valence-corrected chi connectivity index (χ4v) is 1.59. The molecule has 0 aromatic heterocycles. The first-order chi connectivity index (χ1) is 9.13. The van der Waals surface area contributed by atoms with Gasteiger partial charge >= 0.3 is 0 Å². The normalized spacial score (nSPS) is 10.7. The van der Waals surface area contributed by atoms with Gasteiger partial charge < -0.3 is 15.0 Å². The minimum atomic E-state index is 0.179. The molecule has 0 aliphatic carbocycles. The number of ketones is 1. The molecule has 4 heteroatoms. The van der Waals surface area contributed by atoms with E-state index < -0.39 is 0 Å². The average Bonchev–Trinajstić information content (AvgIpc) is 2.42. The monoisotopic (exact) mass is 264 g/mol. The van der Waals surface area contributed by atoms with Crippen LogP contribution in [0.4, 0.5) is 5.69 Å². The van der Waals surface area contributed by atoms with Crippen molar-refractivity contribution in [3.05, 3.63) is 29.8 Å². The van der Waals surface area contributed by atoms with E-state index in [2.05, 4.69) is 10.2 Å². The Balaban J connectivity index is 2.21. The Morgan fingerprint density at radius 2 is 1.89 bits per heavy atom. The van der Waals surface area contributed by atoms with Gasteiger partial charge in [0.25, 0.3) is 0 Å². The van der Waals surface area contributed by atoms with Gasteiger partial charge in [-0.2, -0.15) is 0 Å². The van der Waals surface area contributed by atoms with Crippen molar-refractivity contribution >= 4 is 11.5 Å². The minimum Gasteiger partial charge on any atom is -0.383 e. The highest BCUT2D eigenvalue weighted by molar-refractivity contribution is 5.96. The van der Waals surface area contributed by atoms with Gasteiger partial charge in [-0.1, -0.05) is 6.92 Å². The first kappa shape index (κ1) is 15.7. The molecule has 4 nitrogen and oxygen atoms in total. The lowest BCUT2D eigenvalue weighted by Gasteiger charge is -2.11. The Labute approximate surface area is 115 Å². The molecule has 0 unspecified atom stereocenters. The van der Waals surface area contributed by atoms with Crippen molar-refractivity contribution in [2.75, 3.05) is 45.7 Å². The summed E-state index contributed by atoms with van der Waals surface area (Å²) in [5.41, 5.74) is 1.79. The molecule has 1 N–H and O–H groups in total. The van der Waals surface area contributed by atoms with Gasteiger partial charge in [0.1, 0.15) is 0 Å². The molecule has 106 valence electrons. The second-order valence-corrected chi connectivity index (χ2v) is 4.70. The van der Waals surface area contributed by atoms with Crippen LogP contribution in [0.25, 0.3) is 0 Å². The van der Waals surface area contributed by atoms with Crippen LogP contribution in [0.2, 0.25) is 0 Å². The molecule has 1 rings (SSSR count). The molecular formula is C15H24N2O2. The Kier molecular flexibility index (Phi) is 7.15. The average molecular weight is 264 g/mol. The van der Waals surface area contributed by atoms with Crippen LogP contribution in [0.5, 0.6) is 0 Å². The largest absolute Gasteiger partial charge is 0.383 e. The minimum absolute atomic E-state index is 0.179. The van der Waals surface area contributed by atoms with Gasteiger partial charge in [0.05, 0.1) is 13.2 Å². The molecule has 0 amide bonds. The fourth-order valence-electron chi connectivity index (χ4n) is 1.59. The zero-order valence-corrected chi connectivity index (χ0v) is 12.1. The van der Waals surface area contributed by atoms with E-state index >= 15 is 0 Å². The molecule has 0 fully saturated rings. The first-order valence-electron chi connectivity index (χ1n) is 6.73. The van der Waals surface area contributed by atoms with Crippen molar-refractivity contribution in [1.29, 1.82) is 0 Å². The Morgan fingerprint density at radius 3 is 2.47 bits per heavy atom. The predicted octanol–water partition coefficient (Wildman–Crippen LogP) is 2.27. The standard InChI is InChI=1S/C15H24N2O2/c1-4-15(18)13-5-7-14(8-6-13)16-9-11-19-12-10-17(2)3/h5-8,16H,4,9-12H2,1-3H3. The maximum Gasteiger partial charge on any atom is 0.162 e. The van der Waals surface area contributed by atoms with Crippen LogP contribution in [0.15, 0.2) is 24.3 Å². The highest BCUT2D eigenvalue weighted by atomic mass is 16.5. The molecule has 1 aromatic rings. The van der Waals surface area contributed by atoms with Crippen LogP contribution in [0.3, 0.4) is 0 Å². The molecule has 1 aromatic carbocycles. The van der Waals surface area contributed by atoms with Gasteiger partial charge in [0.2, 0.25) is 0 Å². The molecule has 0 spiro atoms. The lowest BCUT2D eigenvalue weighted by atomic mass is 10.1. The Morgan fingerprint density at radius 1 is 1.21 bits per heavy atom. The first-order valence-corrected chi connectivity index (χ1v) is 6.73. The quantitative estimate of drug-likeness (QED) is 0.549. The summed E-state index contributed by atoms with van der Waals surface area (Å²) in [7, 11) is 4.06. The van der Waals surface area contributed by atoms with Gasteiger partial charge in [-0.25, -0.2) is 0 Å². The van der Waals surface area contributed by atoms with Crippen LogP contribution < -0.4 is 5.32 Å². The zero-order valence-electron chi connectivity index (χ0n) is 12.1. The summed E-state index contributed by atoms with van der Waals surface area (Å²) in [6, 6.07) is 7.59. The Hall–Kier alpha value is -1.39. The predicted molar refractivity (Wildman–Crippen MR) is 78.9 cm³/mol.